The predicted octanol–water partition coefficient (Wildman–Crippen LogP) is 3.00. The van der Waals surface area contributed by atoms with Crippen LogP contribution in [0.4, 0.5) is 4.79 Å². The number of aryl methyl sites for hydroxylation is 1. The highest BCUT2D eigenvalue weighted by molar-refractivity contribution is 5.77. The number of hydrogen-bond donors (Lipinski definition) is 1. The molecule has 2 aromatic rings. The third-order valence-corrected chi connectivity index (χ3v) is 4.39. The zero-order chi connectivity index (χ0) is 15.5. The third-order valence-electron chi connectivity index (χ3n) is 4.39. The molecule has 1 fully saturated rings. The zero-order valence-electron chi connectivity index (χ0n) is 13.4. The quantitative estimate of drug-likeness (QED) is 0.947. The number of carbonyl (C=O) groups excluding carboxylic acids is 1. The number of piperidine rings is 1. The van der Waals surface area contributed by atoms with Crippen LogP contribution in [0.3, 0.4) is 0 Å². The lowest BCUT2D eigenvalue weighted by atomic mass is 10.0. The van der Waals surface area contributed by atoms with Crippen molar-refractivity contribution >= 4 is 17.1 Å². The molecule has 0 bridgehead atoms. The van der Waals surface area contributed by atoms with E-state index in [0.29, 0.717) is 12.5 Å². The van der Waals surface area contributed by atoms with Crippen molar-refractivity contribution in [3.63, 3.8) is 0 Å². The largest absolute Gasteiger partial charge is 0.331 e. The molecule has 0 aliphatic carbocycles. The number of amides is 2. The fourth-order valence-electron chi connectivity index (χ4n) is 3.25. The van der Waals surface area contributed by atoms with Crippen molar-refractivity contribution in [2.24, 2.45) is 5.92 Å². The highest BCUT2D eigenvalue weighted by Gasteiger charge is 2.21. The molecule has 5 nitrogen and oxygen atoms in total. The topological polar surface area (TPSA) is 50.2 Å². The van der Waals surface area contributed by atoms with Gasteiger partial charge in [0.2, 0.25) is 0 Å². The Morgan fingerprint density at radius 1 is 1.41 bits per heavy atom. The van der Waals surface area contributed by atoms with E-state index < -0.39 is 0 Å². The second-order valence-electron chi connectivity index (χ2n) is 6.11. The number of para-hydroxylation sites is 2. The van der Waals surface area contributed by atoms with Crippen LogP contribution in [0.25, 0.3) is 11.0 Å². The van der Waals surface area contributed by atoms with E-state index in [1.165, 1.54) is 6.42 Å². The number of likely N-dealkylation sites (tertiary alicyclic amines) is 1. The zero-order valence-corrected chi connectivity index (χ0v) is 13.4. The fraction of sp³-hybridized carbons (Fsp3) is 0.529. The molecule has 1 aliphatic heterocycles. The molecule has 1 N–H and O–H groups in total. The molecule has 0 saturated carbocycles. The van der Waals surface area contributed by atoms with Crippen molar-refractivity contribution in [1.82, 2.24) is 19.8 Å². The minimum absolute atomic E-state index is 0.0289. The van der Waals surface area contributed by atoms with Gasteiger partial charge in [-0.1, -0.05) is 19.1 Å². The van der Waals surface area contributed by atoms with Gasteiger partial charge >= 0.3 is 6.03 Å². The lowest BCUT2D eigenvalue weighted by Gasteiger charge is -2.30. The molecular weight excluding hydrogens is 276 g/mol. The summed E-state index contributed by atoms with van der Waals surface area (Å²) < 4.78 is 2.16. The lowest BCUT2D eigenvalue weighted by Crippen LogP contribution is -2.45. The molecule has 1 aromatic carbocycles. The molecule has 2 amide bonds. The molecule has 1 atom stereocenters. The minimum atomic E-state index is 0.0289. The van der Waals surface area contributed by atoms with Crippen LogP contribution in [-0.2, 0) is 13.1 Å². The van der Waals surface area contributed by atoms with Gasteiger partial charge in [-0.15, -0.1) is 0 Å². The Morgan fingerprint density at radius 3 is 3.00 bits per heavy atom. The fourth-order valence-corrected chi connectivity index (χ4v) is 3.25. The normalized spacial score (nSPS) is 18.6. The second-order valence-corrected chi connectivity index (χ2v) is 6.11. The molecule has 1 aromatic heterocycles. The summed E-state index contributed by atoms with van der Waals surface area (Å²) >= 11 is 0. The Morgan fingerprint density at radius 2 is 2.23 bits per heavy atom. The molecule has 0 radical (unpaired) electrons. The van der Waals surface area contributed by atoms with Crippen LogP contribution in [0.1, 0.15) is 32.5 Å². The summed E-state index contributed by atoms with van der Waals surface area (Å²) in [5, 5.41) is 3.03. The van der Waals surface area contributed by atoms with Crippen molar-refractivity contribution in [2.75, 3.05) is 13.1 Å². The number of benzene rings is 1. The number of nitrogens with zero attached hydrogens (tertiary/aromatic N) is 3. The van der Waals surface area contributed by atoms with Crippen molar-refractivity contribution in [2.45, 2.75) is 39.8 Å². The summed E-state index contributed by atoms with van der Waals surface area (Å²) in [7, 11) is 0. The van der Waals surface area contributed by atoms with Crippen LogP contribution in [0.15, 0.2) is 24.3 Å². The Balaban J connectivity index is 1.69. The van der Waals surface area contributed by atoms with Gasteiger partial charge in [-0.25, -0.2) is 9.78 Å². The highest BCUT2D eigenvalue weighted by atomic mass is 16.2. The smallest absolute Gasteiger partial charge is 0.317 e. The number of urea groups is 1. The maximum atomic E-state index is 12.3. The number of carbonyl (C=O) groups is 1. The summed E-state index contributed by atoms with van der Waals surface area (Å²) in [5.74, 6) is 1.52. The van der Waals surface area contributed by atoms with E-state index in [1.54, 1.807) is 0 Å². The Hall–Kier alpha value is -2.04. The van der Waals surface area contributed by atoms with Crippen molar-refractivity contribution in [3.05, 3.63) is 30.1 Å². The van der Waals surface area contributed by atoms with Gasteiger partial charge in [0.1, 0.15) is 5.82 Å². The van der Waals surface area contributed by atoms with E-state index in [1.807, 2.05) is 23.1 Å². The molecule has 1 unspecified atom stereocenters. The first-order valence-corrected chi connectivity index (χ1v) is 8.16. The van der Waals surface area contributed by atoms with Gasteiger partial charge in [-0.05, 0) is 37.8 Å². The first-order valence-electron chi connectivity index (χ1n) is 8.16. The van der Waals surface area contributed by atoms with Crippen LogP contribution >= 0.6 is 0 Å². The van der Waals surface area contributed by atoms with Crippen LogP contribution < -0.4 is 5.32 Å². The summed E-state index contributed by atoms with van der Waals surface area (Å²) in [6, 6.07) is 8.13. The SMILES string of the molecule is CCn1c(CNC(=O)N2CCCC(C)C2)nc2ccccc21. The van der Waals surface area contributed by atoms with Gasteiger partial charge in [0.05, 0.1) is 17.6 Å². The standard InChI is InChI=1S/C17H24N4O/c1-3-21-15-9-5-4-8-14(15)19-16(21)11-18-17(22)20-10-6-7-13(2)12-20/h4-5,8-9,13H,3,6-7,10-12H2,1-2H3,(H,18,22). The van der Waals surface area contributed by atoms with Crippen LogP contribution in [0, 0.1) is 5.92 Å². The number of hydrogen-bond acceptors (Lipinski definition) is 2. The molecule has 2 heterocycles. The third kappa shape index (κ3) is 2.93. The lowest BCUT2D eigenvalue weighted by molar-refractivity contribution is 0.169. The molecule has 1 saturated heterocycles. The number of fused-ring (bicyclic) bond motifs is 1. The van der Waals surface area contributed by atoms with E-state index in [9.17, 15) is 4.79 Å². The van der Waals surface area contributed by atoms with E-state index in [4.69, 9.17) is 0 Å². The molecule has 5 heteroatoms. The Kier molecular flexibility index (Phi) is 4.32. The van der Waals surface area contributed by atoms with Gasteiger partial charge < -0.3 is 14.8 Å². The maximum Gasteiger partial charge on any atom is 0.317 e. The van der Waals surface area contributed by atoms with Crippen LogP contribution in [0.2, 0.25) is 0 Å². The highest BCUT2D eigenvalue weighted by Crippen LogP contribution is 2.17. The van der Waals surface area contributed by atoms with Crippen LogP contribution in [0.5, 0.6) is 0 Å². The van der Waals surface area contributed by atoms with E-state index in [0.717, 1.165) is 42.9 Å². The monoisotopic (exact) mass is 300 g/mol. The second kappa shape index (κ2) is 6.38. The van der Waals surface area contributed by atoms with Gasteiger partial charge in [0.15, 0.2) is 0 Å². The first-order chi connectivity index (χ1) is 10.7. The maximum absolute atomic E-state index is 12.3. The summed E-state index contributed by atoms with van der Waals surface area (Å²) in [4.78, 5) is 18.9. The molecule has 0 spiro atoms. The number of aromatic nitrogens is 2. The first kappa shape index (κ1) is 14.9. The molecule has 3 rings (SSSR count). The summed E-state index contributed by atoms with van der Waals surface area (Å²) in [6.07, 6.45) is 2.32. The van der Waals surface area contributed by atoms with Crippen molar-refractivity contribution < 1.29 is 4.79 Å². The number of nitrogens with one attached hydrogen (secondary N) is 1. The average Bonchev–Trinajstić information content (AvgIpc) is 2.90. The molecule has 1 aliphatic rings. The van der Waals surface area contributed by atoms with Crippen LogP contribution in [-0.4, -0.2) is 33.6 Å². The molecule has 22 heavy (non-hydrogen) atoms. The van der Waals surface area contributed by atoms with E-state index in [2.05, 4.69) is 34.8 Å². The van der Waals surface area contributed by atoms with Gasteiger partial charge in [0.25, 0.3) is 0 Å². The van der Waals surface area contributed by atoms with E-state index >= 15 is 0 Å². The Labute approximate surface area is 131 Å². The number of rotatable bonds is 3. The Bertz CT molecular complexity index is 664. The predicted molar refractivity (Wildman–Crippen MR) is 87.6 cm³/mol. The summed E-state index contributed by atoms with van der Waals surface area (Å²) in [5.41, 5.74) is 2.11. The summed E-state index contributed by atoms with van der Waals surface area (Å²) in [6.45, 7) is 7.36. The van der Waals surface area contributed by atoms with E-state index in [-0.39, 0.29) is 6.03 Å². The van der Waals surface area contributed by atoms with Crippen molar-refractivity contribution in [1.29, 1.82) is 0 Å². The van der Waals surface area contributed by atoms with Gasteiger partial charge in [-0.3, -0.25) is 0 Å². The van der Waals surface area contributed by atoms with Gasteiger partial charge in [-0.2, -0.15) is 0 Å². The van der Waals surface area contributed by atoms with Gasteiger partial charge in [0, 0.05) is 19.6 Å². The molecule has 118 valence electrons. The minimum Gasteiger partial charge on any atom is -0.331 e. The number of imidazole rings is 1. The average molecular weight is 300 g/mol. The van der Waals surface area contributed by atoms with Crippen molar-refractivity contribution in [3.8, 4) is 0 Å². The molecular formula is C17H24N4O.